The Bertz CT molecular complexity index is 805. The fourth-order valence-electron chi connectivity index (χ4n) is 1.86. The molecule has 0 fully saturated rings. The van der Waals surface area contributed by atoms with Crippen LogP contribution in [0.3, 0.4) is 0 Å². The lowest BCUT2D eigenvalue weighted by Gasteiger charge is -2.10. The van der Waals surface area contributed by atoms with E-state index in [9.17, 15) is 19.7 Å². The van der Waals surface area contributed by atoms with Gasteiger partial charge < -0.3 is 9.47 Å². The average molecular weight is 394 g/mol. The number of halogens is 1. The van der Waals surface area contributed by atoms with Crippen LogP contribution in [0.1, 0.15) is 27.6 Å². The van der Waals surface area contributed by atoms with Gasteiger partial charge in [0, 0.05) is 16.6 Å². The van der Waals surface area contributed by atoms with Crippen molar-refractivity contribution in [3.05, 3.63) is 68.2 Å². The topological polar surface area (TPSA) is 95.7 Å². The molecule has 0 N–H and O–H groups in total. The van der Waals surface area contributed by atoms with Crippen molar-refractivity contribution in [1.82, 2.24) is 0 Å². The SMILES string of the molecule is CCOC(=O)c1cc(Br)ccc1OC(=O)c1cccc([N+](=O)[O-])c1. The summed E-state index contributed by atoms with van der Waals surface area (Å²) < 4.78 is 10.7. The van der Waals surface area contributed by atoms with Gasteiger partial charge >= 0.3 is 11.9 Å². The van der Waals surface area contributed by atoms with E-state index in [2.05, 4.69) is 15.9 Å². The average Bonchev–Trinajstić information content (AvgIpc) is 2.56. The number of ether oxygens (including phenoxy) is 2. The molecule has 8 heteroatoms. The van der Waals surface area contributed by atoms with Crippen molar-refractivity contribution < 1.29 is 24.0 Å². The molecular formula is C16H12BrNO6. The van der Waals surface area contributed by atoms with Gasteiger partial charge in [-0.1, -0.05) is 22.0 Å². The molecule has 2 aromatic carbocycles. The van der Waals surface area contributed by atoms with E-state index in [1.165, 1.54) is 30.3 Å². The molecule has 24 heavy (non-hydrogen) atoms. The van der Waals surface area contributed by atoms with E-state index in [0.717, 1.165) is 6.07 Å². The molecule has 0 atom stereocenters. The predicted molar refractivity (Wildman–Crippen MR) is 88.2 cm³/mol. The van der Waals surface area contributed by atoms with Crippen LogP contribution in [0.5, 0.6) is 5.75 Å². The molecular weight excluding hydrogens is 382 g/mol. The number of benzene rings is 2. The fraction of sp³-hybridized carbons (Fsp3) is 0.125. The smallest absolute Gasteiger partial charge is 0.343 e. The second-order valence-electron chi connectivity index (χ2n) is 4.56. The van der Waals surface area contributed by atoms with Crippen LogP contribution in [0.4, 0.5) is 5.69 Å². The monoisotopic (exact) mass is 393 g/mol. The third-order valence-corrected chi connectivity index (χ3v) is 3.43. The minimum atomic E-state index is -0.813. The van der Waals surface area contributed by atoms with Crippen LogP contribution in [-0.2, 0) is 4.74 Å². The fourth-order valence-corrected chi connectivity index (χ4v) is 2.23. The highest BCUT2D eigenvalue weighted by Crippen LogP contribution is 2.25. The summed E-state index contributed by atoms with van der Waals surface area (Å²) in [5.74, 6) is -1.44. The van der Waals surface area contributed by atoms with Gasteiger partial charge in [-0.05, 0) is 31.2 Å². The Hall–Kier alpha value is -2.74. The molecule has 0 spiro atoms. The lowest BCUT2D eigenvalue weighted by molar-refractivity contribution is -0.384. The van der Waals surface area contributed by atoms with Crippen molar-refractivity contribution in [1.29, 1.82) is 0 Å². The van der Waals surface area contributed by atoms with Crippen molar-refractivity contribution in [2.24, 2.45) is 0 Å². The first-order valence-electron chi connectivity index (χ1n) is 6.85. The number of rotatable bonds is 5. The van der Waals surface area contributed by atoms with Crippen molar-refractivity contribution in [2.75, 3.05) is 6.61 Å². The van der Waals surface area contributed by atoms with Gasteiger partial charge in [0.25, 0.3) is 5.69 Å². The van der Waals surface area contributed by atoms with E-state index >= 15 is 0 Å². The largest absolute Gasteiger partial charge is 0.462 e. The molecule has 0 heterocycles. The highest BCUT2D eigenvalue weighted by atomic mass is 79.9. The summed E-state index contributed by atoms with van der Waals surface area (Å²) in [7, 11) is 0. The number of hydrogen-bond acceptors (Lipinski definition) is 6. The summed E-state index contributed by atoms with van der Waals surface area (Å²) in [4.78, 5) is 34.3. The summed E-state index contributed by atoms with van der Waals surface area (Å²) in [5.41, 5.74) is -0.155. The zero-order valence-corrected chi connectivity index (χ0v) is 14.1. The first-order chi connectivity index (χ1) is 11.4. The third kappa shape index (κ3) is 4.17. The molecule has 0 aromatic heterocycles. The van der Waals surface area contributed by atoms with Crippen molar-refractivity contribution in [3.63, 3.8) is 0 Å². The second-order valence-corrected chi connectivity index (χ2v) is 5.47. The lowest BCUT2D eigenvalue weighted by Crippen LogP contribution is -2.13. The molecule has 0 radical (unpaired) electrons. The normalized spacial score (nSPS) is 10.1. The third-order valence-electron chi connectivity index (χ3n) is 2.93. The highest BCUT2D eigenvalue weighted by molar-refractivity contribution is 9.10. The van der Waals surface area contributed by atoms with Crippen LogP contribution in [0.25, 0.3) is 0 Å². The molecule has 2 aromatic rings. The van der Waals surface area contributed by atoms with E-state index in [1.54, 1.807) is 13.0 Å². The Morgan fingerprint density at radius 3 is 2.58 bits per heavy atom. The number of carbonyl (C=O) groups is 2. The van der Waals surface area contributed by atoms with Gasteiger partial charge in [0.2, 0.25) is 0 Å². The van der Waals surface area contributed by atoms with Crippen LogP contribution in [0, 0.1) is 10.1 Å². The van der Waals surface area contributed by atoms with Gasteiger partial charge in [0.1, 0.15) is 11.3 Å². The standard InChI is InChI=1S/C16H12BrNO6/c1-2-23-16(20)13-9-11(17)6-7-14(13)24-15(19)10-4-3-5-12(8-10)18(21)22/h3-9H,2H2,1H3. The minimum absolute atomic E-state index is 0.00178. The Kier molecular flexibility index (Phi) is 5.64. The number of esters is 2. The maximum Gasteiger partial charge on any atom is 0.343 e. The van der Waals surface area contributed by atoms with Crippen molar-refractivity contribution in [2.45, 2.75) is 6.92 Å². The quantitative estimate of drug-likeness (QED) is 0.332. The molecule has 0 bridgehead atoms. The molecule has 0 saturated carbocycles. The van der Waals surface area contributed by atoms with Crippen LogP contribution >= 0.6 is 15.9 Å². The number of nitro benzene ring substituents is 1. The summed E-state index contributed by atoms with van der Waals surface area (Å²) >= 11 is 3.23. The van der Waals surface area contributed by atoms with Gasteiger partial charge in [-0.25, -0.2) is 9.59 Å². The molecule has 0 saturated heterocycles. The number of hydrogen-bond donors (Lipinski definition) is 0. The van der Waals surface area contributed by atoms with Gasteiger partial charge in [-0.3, -0.25) is 10.1 Å². The molecule has 7 nitrogen and oxygen atoms in total. The molecule has 0 unspecified atom stereocenters. The Labute approximate surface area is 145 Å². The summed E-state index contributed by atoms with van der Waals surface area (Å²) in [6.45, 7) is 1.83. The van der Waals surface area contributed by atoms with E-state index in [-0.39, 0.29) is 29.2 Å². The summed E-state index contributed by atoms with van der Waals surface area (Å²) in [6.07, 6.45) is 0. The van der Waals surface area contributed by atoms with Crippen molar-refractivity contribution in [3.8, 4) is 5.75 Å². The number of nitrogens with zero attached hydrogens (tertiary/aromatic N) is 1. The van der Waals surface area contributed by atoms with Crippen LogP contribution < -0.4 is 4.74 Å². The molecule has 0 amide bonds. The van der Waals surface area contributed by atoms with E-state index in [0.29, 0.717) is 4.47 Å². The second kappa shape index (κ2) is 7.69. The zero-order valence-electron chi connectivity index (χ0n) is 12.5. The number of carbonyl (C=O) groups excluding carboxylic acids is 2. The Morgan fingerprint density at radius 2 is 1.92 bits per heavy atom. The van der Waals surface area contributed by atoms with E-state index in [4.69, 9.17) is 9.47 Å². The maximum atomic E-state index is 12.2. The minimum Gasteiger partial charge on any atom is -0.462 e. The summed E-state index contributed by atoms with van der Waals surface area (Å²) in [5, 5.41) is 10.8. The first kappa shape index (κ1) is 17.6. The lowest BCUT2D eigenvalue weighted by atomic mass is 10.2. The Balaban J connectivity index is 2.30. The molecule has 0 aliphatic rings. The number of non-ortho nitro benzene ring substituents is 1. The van der Waals surface area contributed by atoms with E-state index < -0.39 is 16.9 Å². The zero-order chi connectivity index (χ0) is 17.7. The molecule has 2 rings (SSSR count). The van der Waals surface area contributed by atoms with Crippen LogP contribution in [0.2, 0.25) is 0 Å². The first-order valence-corrected chi connectivity index (χ1v) is 7.65. The molecule has 0 aliphatic carbocycles. The van der Waals surface area contributed by atoms with Crippen molar-refractivity contribution >= 4 is 33.6 Å². The van der Waals surface area contributed by atoms with Gasteiger partial charge in [-0.15, -0.1) is 0 Å². The highest BCUT2D eigenvalue weighted by Gasteiger charge is 2.19. The van der Waals surface area contributed by atoms with Crippen LogP contribution in [0.15, 0.2) is 46.9 Å². The maximum absolute atomic E-state index is 12.2. The predicted octanol–water partition coefficient (Wildman–Crippen LogP) is 3.75. The summed E-state index contributed by atoms with van der Waals surface area (Å²) in [6, 6.07) is 9.63. The molecule has 0 aliphatic heterocycles. The molecule has 124 valence electrons. The van der Waals surface area contributed by atoms with Crippen LogP contribution in [-0.4, -0.2) is 23.5 Å². The van der Waals surface area contributed by atoms with Gasteiger partial charge in [0.05, 0.1) is 17.1 Å². The Morgan fingerprint density at radius 1 is 1.17 bits per heavy atom. The van der Waals surface area contributed by atoms with E-state index in [1.807, 2.05) is 0 Å². The van der Waals surface area contributed by atoms with Gasteiger partial charge in [0.15, 0.2) is 0 Å². The number of nitro groups is 1. The van der Waals surface area contributed by atoms with Gasteiger partial charge in [-0.2, -0.15) is 0 Å².